The first-order chi connectivity index (χ1) is 15.7. The van der Waals surface area contributed by atoms with Crippen LogP contribution in [0.1, 0.15) is 17.2 Å². The van der Waals surface area contributed by atoms with Crippen molar-refractivity contribution in [1.29, 1.82) is 5.26 Å². The van der Waals surface area contributed by atoms with Crippen molar-refractivity contribution >= 4 is 22.8 Å². The van der Waals surface area contributed by atoms with Crippen molar-refractivity contribution in [2.24, 2.45) is 0 Å². The molecule has 0 saturated carbocycles. The molecule has 2 aliphatic heterocycles. The number of morpholine rings is 1. The second kappa shape index (κ2) is 8.69. The Morgan fingerprint density at radius 3 is 2.62 bits per heavy atom. The van der Waals surface area contributed by atoms with Gasteiger partial charge in [0.1, 0.15) is 5.69 Å². The average Bonchev–Trinajstić information content (AvgIpc) is 3.31. The Kier molecular flexibility index (Phi) is 5.44. The second-order valence-electron chi connectivity index (χ2n) is 7.49. The monoisotopic (exact) mass is 431 g/mol. The molecule has 162 valence electrons. The Bertz CT molecular complexity index is 1200. The maximum atomic E-state index is 13.1. The number of ether oxygens (including phenoxy) is 3. The number of nitriles is 1. The van der Waals surface area contributed by atoms with E-state index in [-0.39, 0.29) is 13.3 Å². The number of rotatable bonds is 5. The molecule has 1 N–H and O–H groups in total. The lowest BCUT2D eigenvalue weighted by atomic mass is 10.0. The molecule has 3 heterocycles. The maximum Gasteiger partial charge on any atom is 0.243 e. The SMILES string of the molecule is N#C[C@H](C(=O)NCc1ccc2c(c1)OCO2)c1nc2ccccc2nc1N1CCOCC1. The number of anilines is 1. The van der Waals surface area contributed by atoms with Crippen molar-refractivity contribution in [2.75, 3.05) is 38.0 Å². The Hall–Kier alpha value is -3.90. The van der Waals surface area contributed by atoms with Crippen LogP contribution >= 0.6 is 0 Å². The fourth-order valence-electron chi connectivity index (χ4n) is 3.79. The lowest BCUT2D eigenvalue weighted by Gasteiger charge is -2.29. The Labute approximate surface area is 184 Å². The molecule has 0 unspecified atom stereocenters. The van der Waals surface area contributed by atoms with Gasteiger partial charge in [0.15, 0.2) is 23.2 Å². The maximum absolute atomic E-state index is 13.1. The van der Waals surface area contributed by atoms with Crippen LogP contribution in [0.15, 0.2) is 42.5 Å². The minimum Gasteiger partial charge on any atom is -0.454 e. The van der Waals surface area contributed by atoms with E-state index in [1.54, 1.807) is 6.07 Å². The summed E-state index contributed by atoms with van der Waals surface area (Å²) in [5.41, 5.74) is 2.56. The highest BCUT2D eigenvalue weighted by Gasteiger charge is 2.29. The van der Waals surface area contributed by atoms with Gasteiger partial charge >= 0.3 is 0 Å². The van der Waals surface area contributed by atoms with Crippen LogP contribution in [-0.2, 0) is 16.1 Å². The van der Waals surface area contributed by atoms with Gasteiger partial charge in [-0.05, 0) is 29.8 Å². The van der Waals surface area contributed by atoms with E-state index >= 15 is 0 Å². The van der Waals surface area contributed by atoms with E-state index in [2.05, 4.69) is 16.4 Å². The minimum atomic E-state index is -1.10. The molecule has 1 atom stereocenters. The summed E-state index contributed by atoms with van der Waals surface area (Å²) in [6.45, 7) is 2.80. The molecule has 9 nitrogen and oxygen atoms in total. The number of nitrogens with zero attached hydrogens (tertiary/aromatic N) is 4. The first-order valence-electron chi connectivity index (χ1n) is 10.4. The van der Waals surface area contributed by atoms with Gasteiger partial charge in [0.2, 0.25) is 12.7 Å². The van der Waals surface area contributed by atoms with Crippen LogP contribution in [0.2, 0.25) is 0 Å². The number of benzene rings is 2. The van der Waals surface area contributed by atoms with Crippen molar-refractivity contribution in [3.8, 4) is 17.6 Å². The number of aromatic nitrogens is 2. The fourth-order valence-corrected chi connectivity index (χ4v) is 3.79. The van der Waals surface area contributed by atoms with E-state index < -0.39 is 11.8 Å². The van der Waals surface area contributed by atoms with Gasteiger partial charge in [-0.15, -0.1) is 0 Å². The van der Waals surface area contributed by atoms with Crippen LogP contribution in [0.4, 0.5) is 5.82 Å². The highest BCUT2D eigenvalue weighted by atomic mass is 16.7. The summed E-state index contributed by atoms with van der Waals surface area (Å²) in [4.78, 5) is 24.5. The van der Waals surface area contributed by atoms with E-state index in [1.165, 1.54) is 0 Å². The zero-order valence-corrected chi connectivity index (χ0v) is 17.3. The Balaban J connectivity index is 1.42. The predicted octanol–water partition coefficient (Wildman–Crippen LogP) is 2.12. The zero-order valence-electron chi connectivity index (χ0n) is 17.3. The number of fused-ring (bicyclic) bond motifs is 2. The molecule has 0 radical (unpaired) electrons. The number of hydrogen-bond donors (Lipinski definition) is 1. The summed E-state index contributed by atoms with van der Waals surface area (Å²) in [5.74, 6) is 0.347. The predicted molar refractivity (Wildman–Crippen MR) is 115 cm³/mol. The van der Waals surface area contributed by atoms with Crippen molar-refractivity contribution < 1.29 is 19.0 Å². The molecule has 2 aromatic carbocycles. The molecule has 9 heteroatoms. The minimum absolute atomic E-state index is 0.187. The Morgan fingerprint density at radius 1 is 1.09 bits per heavy atom. The molecule has 0 bridgehead atoms. The highest BCUT2D eigenvalue weighted by Crippen LogP contribution is 2.32. The molecular weight excluding hydrogens is 410 g/mol. The van der Waals surface area contributed by atoms with Crippen LogP contribution < -0.4 is 19.7 Å². The average molecular weight is 431 g/mol. The van der Waals surface area contributed by atoms with E-state index in [9.17, 15) is 10.1 Å². The molecule has 32 heavy (non-hydrogen) atoms. The second-order valence-corrected chi connectivity index (χ2v) is 7.49. The third-order valence-corrected chi connectivity index (χ3v) is 5.46. The van der Waals surface area contributed by atoms with Crippen LogP contribution in [-0.4, -0.2) is 49.0 Å². The first kappa shape index (κ1) is 20.0. The summed E-state index contributed by atoms with van der Waals surface area (Å²) >= 11 is 0. The molecule has 0 spiro atoms. The van der Waals surface area contributed by atoms with Gasteiger partial charge < -0.3 is 24.4 Å². The molecule has 1 fully saturated rings. The van der Waals surface area contributed by atoms with Gasteiger partial charge in [-0.25, -0.2) is 9.97 Å². The van der Waals surface area contributed by atoms with Gasteiger partial charge in [0.05, 0.1) is 30.3 Å². The molecule has 1 aromatic heterocycles. The molecule has 5 rings (SSSR count). The van der Waals surface area contributed by atoms with E-state index in [1.807, 2.05) is 41.3 Å². The van der Waals surface area contributed by atoms with Gasteiger partial charge in [-0.3, -0.25) is 4.79 Å². The fraction of sp³-hybridized carbons (Fsp3) is 0.304. The van der Waals surface area contributed by atoms with Gasteiger partial charge in [-0.1, -0.05) is 18.2 Å². The number of para-hydroxylation sites is 2. The topological polar surface area (TPSA) is 110 Å². The molecule has 2 aliphatic rings. The molecule has 0 aliphatic carbocycles. The molecule has 1 saturated heterocycles. The largest absolute Gasteiger partial charge is 0.454 e. The Morgan fingerprint density at radius 2 is 1.84 bits per heavy atom. The van der Waals surface area contributed by atoms with E-state index in [4.69, 9.17) is 19.2 Å². The van der Waals surface area contributed by atoms with Gasteiger partial charge in [-0.2, -0.15) is 5.26 Å². The quantitative estimate of drug-likeness (QED) is 0.654. The zero-order chi connectivity index (χ0) is 21.9. The summed E-state index contributed by atoms with van der Waals surface area (Å²) in [5, 5.41) is 12.8. The van der Waals surface area contributed by atoms with Crippen LogP contribution in [0.5, 0.6) is 11.5 Å². The third kappa shape index (κ3) is 3.88. The first-order valence-corrected chi connectivity index (χ1v) is 10.4. The van der Waals surface area contributed by atoms with Crippen LogP contribution in [0.25, 0.3) is 11.0 Å². The normalized spacial score (nSPS) is 15.9. The van der Waals surface area contributed by atoms with Crippen molar-refractivity contribution in [2.45, 2.75) is 12.5 Å². The van der Waals surface area contributed by atoms with Gasteiger partial charge in [0.25, 0.3) is 0 Å². The standard InChI is InChI=1S/C23H21N5O4/c24-12-16(23(29)25-13-15-5-6-19-20(11-15)32-14-31-19)21-22(28-7-9-30-10-8-28)27-18-4-2-1-3-17(18)26-21/h1-6,11,16H,7-10,13-14H2,(H,25,29)/t16-/m0/s1. The van der Waals surface area contributed by atoms with Crippen molar-refractivity contribution in [3.05, 3.63) is 53.7 Å². The van der Waals surface area contributed by atoms with Crippen molar-refractivity contribution in [1.82, 2.24) is 15.3 Å². The van der Waals surface area contributed by atoms with Crippen LogP contribution in [0, 0.1) is 11.3 Å². The summed E-state index contributed by atoms with van der Waals surface area (Å²) < 4.78 is 16.2. The molecule has 3 aromatic rings. The van der Waals surface area contributed by atoms with E-state index in [0.29, 0.717) is 54.8 Å². The third-order valence-electron chi connectivity index (χ3n) is 5.46. The lowest BCUT2D eigenvalue weighted by Crippen LogP contribution is -2.38. The lowest BCUT2D eigenvalue weighted by molar-refractivity contribution is -0.121. The van der Waals surface area contributed by atoms with E-state index in [0.717, 1.165) is 11.1 Å². The number of carbonyl (C=O) groups excluding carboxylic acids is 1. The number of nitrogens with one attached hydrogen (secondary N) is 1. The summed E-state index contributed by atoms with van der Waals surface area (Å²) in [6.07, 6.45) is 0. The number of carbonyl (C=O) groups is 1. The highest BCUT2D eigenvalue weighted by molar-refractivity contribution is 5.88. The van der Waals surface area contributed by atoms with Crippen molar-refractivity contribution in [3.63, 3.8) is 0 Å². The smallest absolute Gasteiger partial charge is 0.243 e. The van der Waals surface area contributed by atoms with Crippen LogP contribution in [0.3, 0.4) is 0 Å². The van der Waals surface area contributed by atoms with Gasteiger partial charge in [0, 0.05) is 19.6 Å². The molecular formula is C23H21N5O4. The summed E-state index contributed by atoms with van der Waals surface area (Å²) in [7, 11) is 0. The number of hydrogen-bond acceptors (Lipinski definition) is 8. The molecule has 1 amide bonds. The number of amides is 1. The summed E-state index contributed by atoms with van der Waals surface area (Å²) in [6, 6.07) is 15.0.